The lowest BCUT2D eigenvalue weighted by Crippen LogP contribution is -2.10. The quantitative estimate of drug-likeness (QED) is 0.841. The van der Waals surface area contributed by atoms with Gasteiger partial charge in [-0.3, -0.25) is 0 Å². The van der Waals surface area contributed by atoms with Gasteiger partial charge < -0.3 is 5.32 Å². The summed E-state index contributed by atoms with van der Waals surface area (Å²) >= 11 is 7.86. The van der Waals surface area contributed by atoms with Gasteiger partial charge in [0.1, 0.15) is 0 Å². The largest absolute Gasteiger partial charge is 0.312 e. The Hall–Kier alpha value is -0.570. The van der Waals surface area contributed by atoms with Crippen molar-refractivity contribution in [3.63, 3.8) is 0 Å². The lowest BCUT2D eigenvalue weighted by Gasteiger charge is -1.95. The molecule has 0 aliphatic carbocycles. The van der Waals surface area contributed by atoms with Crippen molar-refractivity contribution in [2.24, 2.45) is 0 Å². The van der Waals surface area contributed by atoms with E-state index in [2.05, 4.69) is 24.4 Å². The van der Waals surface area contributed by atoms with Gasteiger partial charge in [0.25, 0.3) is 0 Å². The first-order valence-corrected chi connectivity index (χ1v) is 5.88. The van der Waals surface area contributed by atoms with Gasteiger partial charge >= 0.3 is 0 Å². The number of thiophene rings is 1. The van der Waals surface area contributed by atoms with Gasteiger partial charge in [0.15, 0.2) is 0 Å². The molecule has 1 aromatic heterocycles. The van der Waals surface area contributed by atoms with Crippen LogP contribution in [0.2, 0.25) is 5.02 Å². The summed E-state index contributed by atoms with van der Waals surface area (Å²) in [6.45, 7) is 4.05. The zero-order valence-electron chi connectivity index (χ0n) is 8.01. The Morgan fingerprint density at radius 1 is 1.43 bits per heavy atom. The summed E-state index contributed by atoms with van der Waals surface area (Å²) in [5.74, 6) is 0. The van der Waals surface area contributed by atoms with E-state index in [1.165, 1.54) is 15.0 Å². The van der Waals surface area contributed by atoms with Crippen molar-refractivity contribution in [1.82, 2.24) is 5.32 Å². The molecule has 0 saturated carbocycles. The third kappa shape index (κ3) is 1.92. The van der Waals surface area contributed by atoms with E-state index in [0.29, 0.717) is 0 Å². The van der Waals surface area contributed by atoms with Crippen LogP contribution in [0.4, 0.5) is 0 Å². The average Bonchev–Trinajstić information content (AvgIpc) is 2.59. The third-order valence-electron chi connectivity index (χ3n) is 2.10. The van der Waals surface area contributed by atoms with Crippen LogP contribution in [-0.2, 0) is 6.54 Å². The lowest BCUT2D eigenvalue weighted by molar-refractivity contribution is 0.736. The van der Waals surface area contributed by atoms with Gasteiger partial charge in [-0.25, -0.2) is 0 Å². The van der Waals surface area contributed by atoms with E-state index in [1.807, 2.05) is 12.1 Å². The van der Waals surface area contributed by atoms with Crippen molar-refractivity contribution < 1.29 is 0 Å². The van der Waals surface area contributed by atoms with Crippen molar-refractivity contribution in [3.8, 4) is 0 Å². The minimum absolute atomic E-state index is 0.857. The van der Waals surface area contributed by atoms with Crippen molar-refractivity contribution in [3.05, 3.63) is 34.2 Å². The summed E-state index contributed by atoms with van der Waals surface area (Å²) in [5, 5.41) is 5.41. The molecule has 0 saturated heterocycles. The third-order valence-corrected chi connectivity index (χ3v) is 3.71. The van der Waals surface area contributed by atoms with Crippen LogP contribution in [-0.4, -0.2) is 6.54 Å². The molecule has 1 N–H and O–H groups in total. The van der Waals surface area contributed by atoms with Crippen LogP contribution in [0.25, 0.3) is 10.1 Å². The molecule has 3 heteroatoms. The van der Waals surface area contributed by atoms with E-state index in [4.69, 9.17) is 11.6 Å². The molecule has 0 aliphatic rings. The Labute approximate surface area is 92.7 Å². The molecule has 74 valence electrons. The molecule has 1 heterocycles. The molecule has 14 heavy (non-hydrogen) atoms. The molecule has 1 nitrogen and oxygen atoms in total. The first kappa shape index (κ1) is 9.97. The molecule has 0 bridgehead atoms. The normalized spacial score (nSPS) is 11.0. The molecule has 0 unspecified atom stereocenters. The molecule has 0 atom stereocenters. The highest BCUT2D eigenvalue weighted by Crippen LogP contribution is 2.31. The minimum Gasteiger partial charge on any atom is -0.312 e. The molecular weight excluding hydrogens is 214 g/mol. The summed E-state index contributed by atoms with van der Waals surface area (Å²) < 4.78 is 1.20. The Balaban J connectivity index is 2.36. The first-order chi connectivity index (χ1) is 6.81. The first-order valence-electron chi connectivity index (χ1n) is 4.69. The molecule has 2 rings (SSSR count). The summed E-state index contributed by atoms with van der Waals surface area (Å²) in [5.41, 5.74) is 0. The lowest BCUT2D eigenvalue weighted by atomic mass is 10.2. The SMILES string of the molecule is CCNCc1cc2cccc(Cl)c2s1. The number of hydrogen-bond acceptors (Lipinski definition) is 2. The molecule has 0 radical (unpaired) electrons. The van der Waals surface area contributed by atoms with E-state index in [-0.39, 0.29) is 0 Å². The number of nitrogens with one attached hydrogen (secondary N) is 1. The topological polar surface area (TPSA) is 12.0 Å². The maximum absolute atomic E-state index is 6.09. The fraction of sp³-hybridized carbons (Fsp3) is 0.273. The predicted molar refractivity (Wildman–Crippen MR) is 64.2 cm³/mol. The highest BCUT2D eigenvalue weighted by atomic mass is 35.5. The number of benzene rings is 1. The maximum Gasteiger partial charge on any atom is 0.0584 e. The molecule has 1 aromatic carbocycles. The molecule has 0 fully saturated rings. The second kappa shape index (κ2) is 4.30. The Bertz CT molecular complexity index is 436. The number of fused-ring (bicyclic) bond motifs is 1. The monoisotopic (exact) mass is 225 g/mol. The Morgan fingerprint density at radius 3 is 3.00 bits per heavy atom. The fourth-order valence-corrected chi connectivity index (χ4v) is 2.75. The van der Waals surface area contributed by atoms with Crippen LogP contribution < -0.4 is 5.32 Å². The van der Waals surface area contributed by atoms with Crippen LogP contribution in [0, 0.1) is 0 Å². The summed E-state index contributed by atoms with van der Waals surface area (Å²) in [7, 11) is 0. The molecule has 0 aliphatic heterocycles. The maximum atomic E-state index is 6.09. The van der Waals surface area contributed by atoms with Crippen molar-refractivity contribution >= 4 is 33.0 Å². The summed E-state index contributed by atoms with van der Waals surface area (Å²) in [6.07, 6.45) is 0. The van der Waals surface area contributed by atoms with E-state index in [1.54, 1.807) is 11.3 Å². The van der Waals surface area contributed by atoms with E-state index < -0.39 is 0 Å². The van der Waals surface area contributed by atoms with Crippen molar-refractivity contribution in [1.29, 1.82) is 0 Å². The van der Waals surface area contributed by atoms with Gasteiger partial charge in [-0.15, -0.1) is 11.3 Å². The number of rotatable bonds is 3. The zero-order chi connectivity index (χ0) is 9.97. The highest BCUT2D eigenvalue weighted by molar-refractivity contribution is 7.19. The molecule has 0 spiro atoms. The minimum atomic E-state index is 0.857. The van der Waals surface area contributed by atoms with Crippen LogP contribution >= 0.6 is 22.9 Å². The van der Waals surface area contributed by atoms with E-state index in [0.717, 1.165) is 18.1 Å². The Kier molecular flexibility index (Phi) is 3.06. The average molecular weight is 226 g/mol. The molecule has 0 amide bonds. The van der Waals surface area contributed by atoms with Crippen molar-refractivity contribution in [2.45, 2.75) is 13.5 Å². The van der Waals surface area contributed by atoms with Gasteiger partial charge in [0.05, 0.1) is 9.72 Å². The second-order valence-electron chi connectivity index (χ2n) is 3.15. The van der Waals surface area contributed by atoms with Crippen LogP contribution in [0.3, 0.4) is 0 Å². The van der Waals surface area contributed by atoms with E-state index in [9.17, 15) is 0 Å². The van der Waals surface area contributed by atoms with Gasteiger partial charge in [-0.05, 0) is 24.1 Å². The molecule has 2 aromatic rings. The smallest absolute Gasteiger partial charge is 0.0584 e. The van der Waals surface area contributed by atoms with Gasteiger partial charge in [0, 0.05) is 11.4 Å². The zero-order valence-corrected chi connectivity index (χ0v) is 9.58. The van der Waals surface area contributed by atoms with E-state index >= 15 is 0 Å². The standard InChI is InChI=1S/C11H12ClNS/c1-2-13-7-9-6-8-4-3-5-10(12)11(8)14-9/h3-6,13H,2,7H2,1H3. The molecular formula is C11H12ClNS. The van der Waals surface area contributed by atoms with Crippen LogP contribution in [0.5, 0.6) is 0 Å². The second-order valence-corrected chi connectivity index (χ2v) is 4.70. The summed E-state index contributed by atoms with van der Waals surface area (Å²) in [6, 6.07) is 8.24. The van der Waals surface area contributed by atoms with Crippen LogP contribution in [0.1, 0.15) is 11.8 Å². The number of halogens is 1. The van der Waals surface area contributed by atoms with Crippen LogP contribution in [0.15, 0.2) is 24.3 Å². The Morgan fingerprint density at radius 2 is 2.29 bits per heavy atom. The van der Waals surface area contributed by atoms with Gasteiger partial charge in [0.2, 0.25) is 0 Å². The fourth-order valence-electron chi connectivity index (χ4n) is 1.42. The van der Waals surface area contributed by atoms with Gasteiger partial charge in [-0.2, -0.15) is 0 Å². The van der Waals surface area contributed by atoms with Crippen molar-refractivity contribution in [2.75, 3.05) is 6.54 Å². The van der Waals surface area contributed by atoms with Gasteiger partial charge in [-0.1, -0.05) is 30.7 Å². The number of hydrogen-bond donors (Lipinski definition) is 1. The summed E-state index contributed by atoms with van der Waals surface area (Å²) in [4.78, 5) is 1.34. The predicted octanol–water partition coefficient (Wildman–Crippen LogP) is 3.66. The highest BCUT2D eigenvalue weighted by Gasteiger charge is 2.03.